The van der Waals surface area contributed by atoms with Gasteiger partial charge in [-0.3, -0.25) is 0 Å². The largest absolute Gasteiger partial charge is 0.330 e. The minimum atomic E-state index is -0.200. The van der Waals surface area contributed by atoms with Crippen LogP contribution in [0.3, 0.4) is 0 Å². The van der Waals surface area contributed by atoms with Gasteiger partial charge in [0.2, 0.25) is 0 Å². The molecule has 0 saturated heterocycles. The minimum absolute atomic E-state index is 0.137. The van der Waals surface area contributed by atoms with Crippen LogP contribution in [0.5, 0.6) is 0 Å². The molecular weight excluding hydrogens is 153 g/mol. The topological polar surface area (TPSA) is 26.0 Å². The van der Waals surface area contributed by atoms with E-state index in [-0.39, 0.29) is 11.2 Å². The highest BCUT2D eigenvalue weighted by molar-refractivity contribution is 5.24. The Kier molecular flexibility index (Phi) is 2.48. The summed E-state index contributed by atoms with van der Waals surface area (Å²) in [7, 11) is 0. The zero-order valence-corrected chi connectivity index (χ0v) is 7.47. The molecule has 0 radical (unpaired) electrons. The fraction of sp³-hybridized carbons (Fsp3) is 0.400. The second kappa shape index (κ2) is 3.23. The van der Waals surface area contributed by atoms with Gasteiger partial charge in [0.1, 0.15) is 5.82 Å². The fourth-order valence-electron chi connectivity index (χ4n) is 1.03. The lowest BCUT2D eigenvalue weighted by molar-refractivity contribution is 0.531. The molecule has 0 bridgehead atoms. The average Bonchev–Trinajstić information content (AvgIpc) is 2.05. The maximum Gasteiger partial charge on any atom is 0.123 e. The van der Waals surface area contributed by atoms with Crippen molar-refractivity contribution < 1.29 is 4.39 Å². The molecular formula is C10H14FN. The molecule has 12 heavy (non-hydrogen) atoms. The Bertz CT molecular complexity index is 268. The highest BCUT2D eigenvalue weighted by atomic mass is 19.1. The van der Waals surface area contributed by atoms with Crippen molar-refractivity contribution in [3.63, 3.8) is 0 Å². The zero-order valence-electron chi connectivity index (χ0n) is 7.47. The number of halogens is 1. The van der Waals surface area contributed by atoms with E-state index in [2.05, 4.69) is 0 Å². The van der Waals surface area contributed by atoms with E-state index >= 15 is 0 Å². The molecule has 0 atom stereocenters. The van der Waals surface area contributed by atoms with Crippen molar-refractivity contribution in [2.24, 2.45) is 5.73 Å². The molecule has 0 fully saturated rings. The average molecular weight is 167 g/mol. The van der Waals surface area contributed by atoms with Crippen LogP contribution in [0.15, 0.2) is 24.3 Å². The first-order chi connectivity index (χ1) is 5.56. The molecule has 2 heteroatoms. The highest BCUT2D eigenvalue weighted by Crippen LogP contribution is 2.21. The number of rotatable bonds is 2. The van der Waals surface area contributed by atoms with Gasteiger partial charge in [-0.1, -0.05) is 26.0 Å². The third kappa shape index (κ3) is 1.83. The van der Waals surface area contributed by atoms with Gasteiger partial charge in [-0.15, -0.1) is 0 Å². The van der Waals surface area contributed by atoms with Crippen LogP contribution in [0.1, 0.15) is 19.4 Å². The van der Waals surface area contributed by atoms with Crippen LogP contribution in [0.25, 0.3) is 0 Å². The van der Waals surface area contributed by atoms with Gasteiger partial charge in [-0.05, 0) is 17.7 Å². The molecule has 0 heterocycles. The Morgan fingerprint density at radius 2 is 2.08 bits per heavy atom. The van der Waals surface area contributed by atoms with Gasteiger partial charge < -0.3 is 5.73 Å². The number of hydrogen-bond donors (Lipinski definition) is 1. The second-order valence-electron chi connectivity index (χ2n) is 3.60. The van der Waals surface area contributed by atoms with Gasteiger partial charge in [0, 0.05) is 12.0 Å². The van der Waals surface area contributed by atoms with Crippen molar-refractivity contribution in [2.45, 2.75) is 19.3 Å². The Morgan fingerprint density at radius 1 is 1.42 bits per heavy atom. The third-order valence-corrected chi connectivity index (χ3v) is 2.12. The van der Waals surface area contributed by atoms with Crippen LogP contribution >= 0.6 is 0 Å². The molecule has 0 amide bonds. The second-order valence-corrected chi connectivity index (χ2v) is 3.60. The molecule has 0 unspecified atom stereocenters. The molecule has 66 valence electrons. The molecule has 0 aliphatic rings. The number of nitrogens with two attached hydrogens (primary N) is 1. The van der Waals surface area contributed by atoms with Crippen LogP contribution in [-0.4, -0.2) is 6.54 Å². The van der Waals surface area contributed by atoms with Crippen molar-refractivity contribution in [1.29, 1.82) is 0 Å². The van der Waals surface area contributed by atoms with E-state index in [1.807, 2.05) is 19.9 Å². The fourth-order valence-corrected chi connectivity index (χ4v) is 1.03. The summed E-state index contributed by atoms with van der Waals surface area (Å²) in [5, 5.41) is 0. The SMILES string of the molecule is CC(C)(CN)c1cccc(F)c1. The summed E-state index contributed by atoms with van der Waals surface area (Å²) in [5.41, 5.74) is 6.38. The summed E-state index contributed by atoms with van der Waals surface area (Å²) in [5.74, 6) is -0.200. The lowest BCUT2D eigenvalue weighted by Gasteiger charge is -2.22. The quantitative estimate of drug-likeness (QED) is 0.716. The molecule has 0 aliphatic carbocycles. The molecule has 2 N–H and O–H groups in total. The van der Waals surface area contributed by atoms with Crippen LogP contribution in [-0.2, 0) is 5.41 Å². The Morgan fingerprint density at radius 3 is 2.58 bits per heavy atom. The molecule has 0 aromatic heterocycles. The monoisotopic (exact) mass is 167 g/mol. The zero-order chi connectivity index (χ0) is 9.19. The lowest BCUT2D eigenvalue weighted by atomic mass is 9.85. The van der Waals surface area contributed by atoms with Crippen molar-refractivity contribution >= 4 is 0 Å². The lowest BCUT2D eigenvalue weighted by Crippen LogP contribution is -2.28. The van der Waals surface area contributed by atoms with Crippen LogP contribution in [0.4, 0.5) is 4.39 Å². The van der Waals surface area contributed by atoms with E-state index in [4.69, 9.17) is 5.73 Å². The van der Waals surface area contributed by atoms with E-state index < -0.39 is 0 Å². The van der Waals surface area contributed by atoms with Crippen molar-refractivity contribution in [3.8, 4) is 0 Å². The molecule has 0 saturated carbocycles. The van der Waals surface area contributed by atoms with Gasteiger partial charge in [0.25, 0.3) is 0 Å². The van der Waals surface area contributed by atoms with Gasteiger partial charge in [0.05, 0.1) is 0 Å². The van der Waals surface area contributed by atoms with E-state index in [0.29, 0.717) is 6.54 Å². The summed E-state index contributed by atoms with van der Waals surface area (Å²) >= 11 is 0. The van der Waals surface area contributed by atoms with Crippen LogP contribution in [0.2, 0.25) is 0 Å². The standard InChI is InChI=1S/C10H14FN/c1-10(2,7-12)8-4-3-5-9(11)6-8/h3-6H,7,12H2,1-2H3. The normalized spacial score (nSPS) is 11.7. The van der Waals surface area contributed by atoms with Crippen molar-refractivity contribution in [1.82, 2.24) is 0 Å². The molecule has 1 nitrogen and oxygen atoms in total. The molecule has 1 aromatic carbocycles. The summed E-state index contributed by atoms with van der Waals surface area (Å²) in [6, 6.07) is 6.58. The van der Waals surface area contributed by atoms with Gasteiger partial charge in [-0.2, -0.15) is 0 Å². The minimum Gasteiger partial charge on any atom is -0.330 e. The van der Waals surface area contributed by atoms with Crippen molar-refractivity contribution in [2.75, 3.05) is 6.54 Å². The number of hydrogen-bond acceptors (Lipinski definition) is 1. The van der Waals surface area contributed by atoms with Crippen LogP contribution in [0, 0.1) is 5.82 Å². The van der Waals surface area contributed by atoms with E-state index in [9.17, 15) is 4.39 Å². The molecule has 1 aromatic rings. The van der Waals surface area contributed by atoms with Gasteiger partial charge >= 0.3 is 0 Å². The summed E-state index contributed by atoms with van der Waals surface area (Å²) < 4.78 is 12.8. The number of benzene rings is 1. The summed E-state index contributed by atoms with van der Waals surface area (Å²) in [4.78, 5) is 0. The molecule has 1 rings (SSSR count). The predicted octanol–water partition coefficient (Wildman–Crippen LogP) is 2.06. The van der Waals surface area contributed by atoms with E-state index in [0.717, 1.165) is 5.56 Å². The Hall–Kier alpha value is -0.890. The van der Waals surface area contributed by atoms with Crippen LogP contribution < -0.4 is 5.73 Å². The summed E-state index contributed by atoms with van der Waals surface area (Å²) in [6.07, 6.45) is 0. The molecule has 0 spiro atoms. The maximum atomic E-state index is 12.8. The smallest absolute Gasteiger partial charge is 0.123 e. The Labute approximate surface area is 72.4 Å². The first-order valence-corrected chi connectivity index (χ1v) is 4.02. The van der Waals surface area contributed by atoms with Gasteiger partial charge in [0.15, 0.2) is 0 Å². The third-order valence-electron chi connectivity index (χ3n) is 2.12. The van der Waals surface area contributed by atoms with Crippen molar-refractivity contribution in [3.05, 3.63) is 35.6 Å². The predicted molar refractivity (Wildman–Crippen MR) is 48.5 cm³/mol. The first-order valence-electron chi connectivity index (χ1n) is 4.02. The summed E-state index contributed by atoms with van der Waals surface area (Å²) in [6.45, 7) is 4.53. The molecule has 0 aliphatic heterocycles. The van der Waals surface area contributed by atoms with Gasteiger partial charge in [-0.25, -0.2) is 4.39 Å². The van der Waals surface area contributed by atoms with E-state index in [1.54, 1.807) is 6.07 Å². The Balaban J connectivity index is 3.03. The maximum absolute atomic E-state index is 12.8. The first kappa shape index (κ1) is 9.20. The van der Waals surface area contributed by atoms with E-state index in [1.165, 1.54) is 12.1 Å². The highest BCUT2D eigenvalue weighted by Gasteiger charge is 2.18.